The minimum atomic E-state index is -0.983. The molecular weight excluding hydrogens is 632 g/mol. The molecule has 0 radical (unpaired) electrons. The number of nitriles is 2. The van der Waals surface area contributed by atoms with E-state index in [2.05, 4.69) is 42.4 Å². The number of hydrogen-bond donors (Lipinski definition) is 2. The van der Waals surface area contributed by atoms with Crippen LogP contribution in [0.15, 0.2) is 54.1 Å². The Morgan fingerprint density at radius 1 is 0.820 bits per heavy atom. The summed E-state index contributed by atoms with van der Waals surface area (Å²) >= 11 is 0. The van der Waals surface area contributed by atoms with Crippen LogP contribution >= 0.6 is 0 Å². The average Bonchev–Trinajstić information content (AvgIpc) is 3.14. The number of rotatable bonds is 7. The van der Waals surface area contributed by atoms with E-state index in [1.807, 2.05) is 18.2 Å². The van der Waals surface area contributed by atoms with Gasteiger partial charge in [-0.1, -0.05) is 36.9 Å². The zero-order chi connectivity index (χ0) is 36.2. The quantitative estimate of drug-likeness (QED) is 0.420. The lowest BCUT2D eigenvalue weighted by Gasteiger charge is -2.41. The van der Waals surface area contributed by atoms with Crippen LogP contribution in [0.5, 0.6) is 0 Å². The Morgan fingerprint density at radius 3 is 1.66 bits per heavy atom. The summed E-state index contributed by atoms with van der Waals surface area (Å²) in [6.07, 6.45) is 4.63. The molecule has 2 fully saturated rings. The highest BCUT2D eigenvalue weighted by Gasteiger charge is 2.37. The van der Waals surface area contributed by atoms with E-state index in [-0.39, 0.29) is 46.9 Å². The number of carbonyl (C=O) groups excluding carboxylic acids is 2. The monoisotopic (exact) mass is 678 g/mol. The van der Waals surface area contributed by atoms with E-state index in [0.717, 1.165) is 72.3 Å². The van der Waals surface area contributed by atoms with Crippen molar-refractivity contribution in [2.45, 2.75) is 69.7 Å². The number of aliphatic hydroxyl groups is 2. The van der Waals surface area contributed by atoms with Crippen molar-refractivity contribution in [3.05, 3.63) is 87.5 Å². The van der Waals surface area contributed by atoms with Crippen molar-refractivity contribution in [3.63, 3.8) is 0 Å². The van der Waals surface area contributed by atoms with Gasteiger partial charge in [0.25, 0.3) is 0 Å². The smallest absolute Gasteiger partial charge is 0.179 e. The predicted octanol–water partition coefficient (Wildman–Crippen LogP) is 4.76. The summed E-state index contributed by atoms with van der Waals surface area (Å²) in [6, 6.07) is 15.5. The first-order valence-electron chi connectivity index (χ1n) is 17.1. The number of nitrogens with zero attached hydrogens (tertiary/aromatic N) is 4. The van der Waals surface area contributed by atoms with Gasteiger partial charge in [0.15, 0.2) is 11.6 Å². The molecule has 2 saturated heterocycles. The largest absolute Gasteiger partial charge is 0.393 e. The van der Waals surface area contributed by atoms with Crippen LogP contribution in [0.1, 0.15) is 79.0 Å². The van der Waals surface area contributed by atoms with Crippen LogP contribution in [-0.4, -0.2) is 89.8 Å². The van der Waals surface area contributed by atoms with Crippen LogP contribution < -0.4 is 0 Å². The molecule has 50 heavy (non-hydrogen) atoms. The Bertz CT molecular complexity index is 1810. The number of aliphatic hydroxyl groups excluding tert-OH is 2. The zero-order valence-corrected chi connectivity index (χ0v) is 29.4. The van der Waals surface area contributed by atoms with Crippen molar-refractivity contribution in [1.29, 1.82) is 10.5 Å². The Balaban J connectivity index is 0.000000195. The normalized spacial score (nSPS) is 20.2. The van der Waals surface area contributed by atoms with Gasteiger partial charge in [0.05, 0.1) is 29.2 Å². The van der Waals surface area contributed by atoms with Crippen LogP contribution in [0.25, 0.3) is 17.5 Å². The lowest BCUT2D eigenvalue weighted by Crippen LogP contribution is -2.43. The van der Waals surface area contributed by atoms with E-state index in [1.165, 1.54) is 0 Å². The molecule has 2 aliphatic carbocycles. The van der Waals surface area contributed by atoms with Gasteiger partial charge in [0, 0.05) is 64.4 Å². The summed E-state index contributed by atoms with van der Waals surface area (Å²) in [6.45, 7) is 10.5. The molecule has 0 bridgehead atoms. The Labute approximate surface area is 294 Å². The number of ether oxygens (including phenoxy) is 2. The second-order valence-corrected chi connectivity index (χ2v) is 13.9. The maximum atomic E-state index is 12.5. The third kappa shape index (κ3) is 7.31. The van der Waals surface area contributed by atoms with Crippen LogP contribution in [0.4, 0.5) is 0 Å². The number of allylic oxidation sites excluding steroid dienone is 2. The number of methoxy groups -OCH3 is 2. The fourth-order valence-electron chi connectivity index (χ4n) is 7.14. The van der Waals surface area contributed by atoms with Crippen LogP contribution in [0.2, 0.25) is 0 Å². The summed E-state index contributed by atoms with van der Waals surface area (Å²) in [5.41, 5.74) is 6.75. The van der Waals surface area contributed by atoms with Gasteiger partial charge in [-0.25, -0.2) is 0 Å². The van der Waals surface area contributed by atoms with Crippen molar-refractivity contribution >= 4 is 29.0 Å². The molecule has 0 saturated carbocycles. The summed E-state index contributed by atoms with van der Waals surface area (Å²) < 4.78 is 11.2. The lowest BCUT2D eigenvalue weighted by molar-refractivity contribution is -0.115. The van der Waals surface area contributed by atoms with Crippen molar-refractivity contribution in [3.8, 4) is 12.1 Å². The van der Waals surface area contributed by atoms with Crippen molar-refractivity contribution in [2.24, 2.45) is 0 Å². The van der Waals surface area contributed by atoms with E-state index in [4.69, 9.17) is 9.47 Å². The number of carbonyl (C=O) groups is 2. The van der Waals surface area contributed by atoms with Gasteiger partial charge in [-0.3, -0.25) is 9.59 Å². The highest BCUT2D eigenvalue weighted by atomic mass is 16.5. The van der Waals surface area contributed by atoms with Gasteiger partial charge in [-0.15, -0.1) is 0 Å². The number of Topliss-reactive ketones (excluding diaryl/α,β-unsaturated/α-hetero) is 2. The molecule has 2 aromatic rings. The van der Waals surface area contributed by atoms with Crippen molar-refractivity contribution in [1.82, 2.24) is 9.80 Å². The fourth-order valence-corrected chi connectivity index (χ4v) is 7.14. The number of benzene rings is 2. The van der Waals surface area contributed by atoms with Gasteiger partial charge in [-0.05, 0) is 73.9 Å². The molecule has 0 aromatic heterocycles. The number of fused-ring (bicyclic) bond motifs is 2. The molecule has 2 heterocycles. The molecule has 6 rings (SSSR count). The number of ketones is 2. The average molecular weight is 679 g/mol. The summed E-state index contributed by atoms with van der Waals surface area (Å²) in [5.74, 6) is -0.267. The van der Waals surface area contributed by atoms with Gasteiger partial charge >= 0.3 is 0 Å². The molecule has 10 heteroatoms. The van der Waals surface area contributed by atoms with Crippen LogP contribution in [0, 0.1) is 22.7 Å². The maximum absolute atomic E-state index is 12.5. The summed E-state index contributed by atoms with van der Waals surface area (Å²) in [7, 11) is 3.45. The Hall–Kier alpha value is -4.58. The van der Waals surface area contributed by atoms with Gasteiger partial charge in [0.1, 0.15) is 29.4 Å². The molecule has 2 N–H and O–H groups in total. The Morgan fingerprint density at radius 2 is 1.26 bits per heavy atom. The van der Waals surface area contributed by atoms with Gasteiger partial charge in [-0.2, -0.15) is 10.5 Å². The van der Waals surface area contributed by atoms with Gasteiger partial charge < -0.3 is 29.5 Å². The van der Waals surface area contributed by atoms with Crippen molar-refractivity contribution < 1.29 is 29.3 Å². The molecule has 1 atom stereocenters. The molecule has 4 aliphatic rings. The standard InChI is InChI=1S/C20H24N2O4.C20H22N2O2/c1-20(26-2)5-7-22(8-6-20)19-15-9-14(18(25)12-23)4-3-13(15)10-17(24)16(19)11-21;1-4-14-5-6-15-12-18(23)17(13-21)19(16(15)11-14)22-9-7-20(2,24-3)8-10-22/h3-4,9,18,23,25H,5-8,10,12H2,1-2H3;4-6,11H,1,7-10,12H2,2-3H3. The third-order valence-electron chi connectivity index (χ3n) is 10.8. The fraction of sp³-hybridized carbons (Fsp3) is 0.450. The van der Waals surface area contributed by atoms with Crippen LogP contribution in [0.3, 0.4) is 0 Å². The van der Waals surface area contributed by atoms with Crippen molar-refractivity contribution in [2.75, 3.05) is 47.0 Å². The summed E-state index contributed by atoms with van der Waals surface area (Å²) in [5, 5.41) is 38.4. The van der Waals surface area contributed by atoms with Crippen LogP contribution in [-0.2, 0) is 31.9 Å². The molecule has 2 aromatic carbocycles. The number of hydrogen-bond acceptors (Lipinski definition) is 10. The lowest BCUT2D eigenvalue weighted by atomic mass is 9.84. The first-order valence-corrected chi connectivity index (χ1v) is 17.1. The topological polar surface area (TPSA) is 147 Å². The third-order valence-corrected chi connectivity index (χ3v) is 10.8. The number of likely N-dealkylation sites (tertiary alicyclic amines) is 2. The Kier molecular flexibility index (Phi) is 11.1. The highest BCUT2D eigenvalue weighted by Crippen LogP contribution is 2.39. The molecule has 1 unspecified atom stereocenters. The molecular formula is C40H46N4O6. The van der Waals surface area contributed by atoms with E-state index in [0.29, 0.717) is 30.8 Å². The highest BCUT2D eigenvalue weighted by molar-refractivity contribution is 6.10. The maximum Gasteiger partial charge on any atom is 0.179 e. The molecule has 0 amide bonds. The molecule has 10 nitrogen and oxygen atoms in total. The van der Waals surface area contributed by atoms with E-state index >= 15 is 0 Å². The van der Waals surface area contributed by atoms with E-state index in [9.17, 15) is 30.3 Å². The first-order chi connectivity index (χ1) is 23.9. The minimum absolute atomic E-state index is 0.0913. The zero-order valence-electron chi connectivity index (χ0n) is 29.4. The molecule has 262 valence electrons. The molecule has 2 aliphatic heterocycles. The van der Waals surface area contributed by atoms with E-state index in [1.54, 1.807) is 38.5 Å². The molecule has 0 spiro atoms. The van der Waals surface area contributed by atoms with Gasteiger partial charge in [0.2, 0.25) is 0 Å². The minimum Gasteiger partial charge on any atom is -0.393 e. The predicted molar refractivity (Wildman–Crippen MR) is 190 cm³/mol. The number of piperidine rings is 2. The SMILES string of the molecule is C=Cc1ccc2c(c1)C(N1CCC(C)(OC)CC1)=C(C#N)C(=O)C2.COC1(C)CCN(C2=C(C#N)C(=O)Cc3ccc(C(O)CO)cc32)CC1. The van der Waals surface area contributed by atoms with E-state index < -0.39 is 6.10 Å². The second kappa shape index (κ2) is 15.1. The second-order valence-electron chi connectivity index (χ2n) is 13.9. The summed E-state index contributed by atoms with van der Waals surface area (Å²) in [4.78, 5) is 29.1. The first kappa shape index (κ1) is 36.7.